The number of aliphatic hydroxyl groups is 1. The van der Waals surface area contributed by atoms with Crippen molar-refractivity contribution in [2.45, 2.75) is 17.9 Å². The molecule has 6 heteroatoms. The van der Waals surface area contributed by atoms with Crippen molar-refractivity contribution in [1.82, 2.24) is 0 Å². The van der Waals surface area contributed by atoms with Crippen LogP contribution in [0.4, 0.5) is 0 Å². The lowest BCUT2D eigenvalue weighted by molar-refractivity contribution is -0.146. The zero-order valence-corrected chi connectivity index (χ0v) is 11.5. The summed E-state index contributed by atoms with van der Waals surface area (Å²) in [4.78, 5) is 21.5. The molecule has 1 rings (SSSR count). The molecule has 98 valence electrons. The van der Waals surface area contributed by atoms with Gasteiger partial charge in [-0.15, -0.1) is 0 Å². The summed E-state index contributed by atoms with van der Waals surface area (Å²) in [6.07, 6.45) is -1.62. The lowest BCUT2D eigenvalue weighted by atomic mass is 10.0. The quantitative estimate of drug-likeness (QED) is 0.810. The number of Topliss-reactive ketones (excluding diaryl/α,β-unsaturated/α-hetero) is 1. The van der Waals surface area contributed by atoms with Crippen LogP contribution in [0.25, 0.3) is 0 Å². The van der Waals surface area contributed by atoms with E-state index in [0.717, 1.165) is 0 Å². The number of halogens is 1. The molecule has 2 atom stereocenters. The molecule has 0 aliphatic rings. The van der Waals surface area contributed by atoms with Gasteiger partial charge in [0.25, 0.3) is 0 Å². The minimum atomic E-state index is -1.62. The Kier molecular flexibility index (Phi) is 4.86. The van der Waals surface area contributed by atoms with Crippen molar-refractivity contribution in [3.05, 3.63) is 29.3 Å². The fourth-order valence-electron chi connectivity index (χ4n) is 1.48. The molecule has 1 aromatic rings. The molecule has 0 bridgehead atoms. The number of rotatable bonds is 5. The lowest BCUT2D eigenvalue weighted by Gasteiger charge is -2.15. The third kappa shape index (κ3) is 3.08. The average molecular weight is 317 g/mol. The van der Waals surface area contributed by atoms with Gasteiger partial charge in [-0.05, 0) is 24.6 Å². The van der Waals surface area contributed by atoms with E-state index in [1.807, 2.05) is 0 Å². The van der Waals surface area contributed by atoms with Gasteiger partial charge in [-0.2, -0.15) is 0 Å². The van der Waals surface area contributed by atoms with Gasteiger partial charge in [0.1, 0.15) is 16.4 Å². The van der Waals surface area contributed by atoms with Crippen molar-refractivity contribution in [2.75, 3.05) is 7.11 Å². The van der Waals surface area contributed by atoms with Crippen molar-refractivity contribution < 1.29 is 24.5 Å². The van der Waals surface area contributed by atoms with Crippen LogP contribution in [-0.2, 0) is 9.59 Å². The second-order valence-corrected chi connectivity index (χ2v) is 4.63. The van der Waals surface area contributed by atoms with Crippen LogP contribution >= 0.6 is 15.9 Å². The topological polar surface area (TPSA) is 83.8 Å². The second kappa shape index (κ2) is 5.97. The first-order valence-electron chi connectivity index (χ1n) is 5.11. The zero-order chi connectivity index (χ0) is 13.9. The highest BCUT2D eigenvalue weighted by Crippen LogP contribution is 2.34. The maximum Gasteiger partial charge on any atom is 0.337 e. The highest BCUT2D eigenvalue weighted by Gasteiger charge is 2.22. The molecule has 0 saturated carbocycles. The fourth-order valence-corrected chi connectivity index (χ4v) is 1.84. The normalized spacial score (nSPS) is 13.8. The smallest absolute Gasteiger partial charge is 0.337 e. The van der Waals surface area contributed by atoms with Crippen molar-refractivity contribution in [1.29, 1.82) is 0 Å². The molecule has 0 heterocycles. The van der Waals surface area contributed by atoms with Gasteiger partial charge in [-0.1, -0.05) is 22.0 Å². The summed E-state index contributed by atoms with van der Waals surface area (Å²) in [5, 5.41) is 18.2. The van der Waals surface area contributed by atoms with E-state index in [9.17, 15) is 14.7 Å². The van der Waals surface area contributed by atoms with E-state index in [-0.39, 0.29) is 11.3 Å². The molecule has 0 amide bonds. The number of carbonyl (C=O) groups is 2. The Morgan fingerprint density at radius 3 is 2.44 bits per heavy atom. The van der Waals surface area contributed by atoms with Crippen LogP contribution in [0.2, 0.25) is 0 Å². The van der Waals surface area contributed by atoms with Crippen molar-refractivity contribution in [3.8, 4) is 5.75 Å². The van der Waals surface area contributed by atoms with E-state index in [2.05, 4.69) is 15.9 Å². The Morgan fingerprint density at radius 2 is 2.00 bits per heavy atom. The van der Waals surface area contributed by atoms with Crippen LogP contribution in [0, 0.1) is 0 Å². The van der Waals surface area contributed by atoms with Crippen LogP contribution < -0.4 is 4.74 Å². The van der Waals surface area contributed by atoms with Gasteiger partial charge >= 0.3 is 5.97 Å². The standard InChI is InChI=1S/C12H13BrO5/c1-6(14)10(13)8-5-7(11(15)12(16)17)3-4-9(8)18-2/h3-5,10-11,15H,1-2H3,(H,16,17). The largest absolute Gasteiger partial charge is 0.496 e. The van der Waals surface area contributed by atoms with Gasteiger partial charge < -0.3 is 14.9 Å². The third-order valence-electron chi connectivity index (χ3n) is 2.43. The van der Waals surface area contributed by atoms with E-state index in [1.54, 1.807) is 0 Å². The van der Waals surface area contributed by atoms with Gasteiger partial charge in [0, 0.05) is 5.56 Å². The van der Waals surface area contributed by atoms with Crippen LogP contribution in [0.3, 0.4) is 0 Å². The highest BCUT2D eigenvalue weighted by atomic mass is 79.9. The van der Waals surface area contributed by atoms with Gasteiger partial charge in [-0.25, -0.2) is 4.79 Å². The Morgan fingerprint density at radius 1 is 1.39 bits per heavy atom. The number of aliphatic carboxylic acids is 1. The maximum absolute atomic E-state index is 11.3. The highest BCUT2D eigenvalue weighted by molar-refractivity contribution is 9.09. The van der Waals surface area contributed by atoms with Gasteiger partial charge in [0.15, 0.2) is 6.10 Å². The predicted molar refractivity (Wildman–Crippen MR) is 67.9 cm³/mol. The number of carboxylic acid groups (broad SMARTS) is 1. The van der Waals surface area contributed by atoms with E-state index in [1.165, 1.54) is 32.2 Å². The van der Waals surface area contributed by atoms with Gasteiger partial charge in [0.2, 0.25) is 0 Å². The third-order valence-corrected chi connectivity index (χ3v) is 3.57. The minimum absolute atomic E-state index is 0.143. The van der Waals surface area contributed by atoms with E-state index >= 15 is 0 Å². The first kappa shape index (κ1) is 14.7. The molecule has 2 N–H and O–H groups in total. The van der Waals surface area contributed by atoms with Crippen LogP contribution in [0.15, 0.2) is 18.2 Å². The number of hydrogen-bond acceptors (Lipinski definition) is 4. The molecule has 0 spiro atoms. The number of ketones is 1. The first-order chi connectivity index (χ1) is 8.38. The minimum Gasteiger partial charge on any atom is -0.496 e. The number of ether oxygens (including phenoxy) is 1. The number of hydrogen-bond donors (Lipinski definition) is 2. The zero-order valence-electron chi connectivity index (χ0n) is 9.88. The van der Waals surface area contributed by atoms with E-state index in [0.29, 0.717) is 11.3 Å². The molecule has 0 aromatic heterocycles. The molecule has 2 unspecified atom stereocenters. The molecule has 0 radical (unpaired) electrons. The molecule has 0 aliphatic heterocycles. The molecule has 0 fully saturated rings. The van der Waals surface area contributed by atoms with Crippen LogP contribution in [0.5, 0.6) is 5.75 Å². The Balaban J connectivity index is 3.25. The summed E-state index contributed by atoms with van der Waals surface area (Å²) in [5.41, 5.74) is 0.687. The Hall–Kier alpha value is -1.40. The molecule has 0 aliphatic carbocycles. The molecular formula is C12H13BrO5. The number of carboxylic acids is 1. The summed E-state index contributed by atoms with van der Waals surface area (Å²) in [6, 6.07) is 4.41. The lowest BCUT2D eigenvalue weighted by Crippen LogP contribution is -2.12. The summed E-state index contributed by atoms with van der Waals surface area (Å²) in [7, 11) is 1.45. The fraction of sp³-hybridized carbons (Fsp3) is 0.333. The SMILES string of the molecule is COc1ccc(C(O)C(=O)O)cc1C(Br)C(C)=O. The molecule has 1 aromatic carbocycles. The molecule has 0 saturated heterocycles. The number of alkyl halides is 1. The van der Waals surface area contributed by atoms with E-state index in [4.69, 9.17) is 9.84 Å². The van der Waals surface area contributed by atoms with Gasteiger partial charge in [-0.3, -0.25) is 4.79 Å². The van der Waals surface area contributed by atoms with Crippen molar-refractivity contribution in [2.24, 2.45) is 0 Å². The van der Waals surface area contributed by atoms with Crippen LogP contribution in [0.1, 0.15) is 29.0 Å². The average Bonchev–Trinajstić information content (AvgIpc) is 2.35. The number of benzene rings is 1. The molecule has 18 heavy (non-hydrogen) atoms. The summed E-state index contributed by atoms with van der Waals surface area (Å²) in [5.74, 6) is -1.04. The summed E-state index contributed by atoms with van der Waals surface area (Å²) in [6.45, 7) is 1.40. The van der Waals surface area contributed by atoms with Crippen molar-refractivity contribution in [3.63, 3.8) is 0 Å². The first-order valence-corrected chi connectivity index (χ1v) is 6.03. The predicted octanol–water partition coefficient (Wildman–Crippen LogP) is 1.84. The Bertz CT molecular complexity index is 472. The number of carbonyl (C=O) groups excluding carboxylic acids is 1. The van der Waals surface area contributed by atoms with E-state index < -0.39 is 16.9 Å². The monoisotopic (exact) mass is 316 g/mol. The molecule has 5 nitrogen and oxygen atoms in total. The molecular weight excluding hydrogens is 304 g/mol. The maximum atomic E-state index is 11.3. The van der Waals surface area contributed by atoms with Crippen LogP contribution in [-0.4, -0.2) is 29.1 Å². The van der Waals surface area contributed by atoms with Crippen molar-refractivity contribution >= 4 is 27.7 Å². The van der Waals surface area contributed by atoms with Gasteiger partial charge in [0.05, 0.1) is 7.11 Å². The number of methoxy groups -OCH3 is 1. The summed E-state index contributed by atoms with van der Waals surface area (Å²) < 4.78 is 5.10. The summed E-state index contributed by atoms with van der Waals surface area (Å²) >= 11 is 3.20. The second-order valence-electron chi connectivity index (χ2n) is 3.72. The Labute approximate surface area is 113 Å². The number of aliphatic hydroxyl groups excluding tert-OH is 1.